The number of aromatic nitrogens is 2. The third-order valence-electron chi connectivity index (χ3n) is 2.42. The van der Waals surface area contributed by atoms with E-state index in [4.69, 9.17) is 5.73 Å². The van der Waals surface area contributed by atoms with Crippen molar-refractivity contribution < 1.29 is 4.79 Å². The molecule has 0 aliphatic carbocycles. The second-order valence-corrected chi connectivity index (χ2v) is 5.00. The van der Waals surface area contributed by atoms with Crippen LogP contribution in [0, 0.1) is 6.92 Å². The summed E-state index contributed by atoms with van der Waals surface area (Å²) in [6, 6.07) is 7.46. The van der Waals surface area contributed by atoms with Crippen molar-refractivity contribution >= 4 is 22.4 Å². The fraction of sp³-hybridized carbons (Fsp3) is 0.250. The molecule has 0 bridgehead atoms. The zero-order chi connectivity index (χ0) is 13.0. The van der Waals surface area contributed by atoms with Crippen molar-refractivity contribution in [3.8, 4) is 0 Å². The monoisotopic (exact) mass is 262 g/mol. The van der Waals surface area contributed by atoms with E-state index in [9.17, 15) is 4.79 Å². The molecule has 0 saturated carbocycles. The number of benzene rings is 1. The number of nitrogen functional groups attached to an aromatic ring is 1. The van der Waals surface area contributed by atoms with Gasteiger partial charge in [-0.25, -0.2) is 0 Å². The summed E-state index contributed by atoms with van der Waals surface area (Å²) >= 11 is 1.34. The van der Waals surface area contributed by atoms with Gasteiger partial charge in [0.25, 0.3) is 5.91 Å². The van der Waals surface area contributed by atoms with Gasteiger partial charge >= 0.3 is 0 Å². The molecule has 18 heavy (non-hydrogen) atoms. The summed E-state index contributed by atoms with van der Waals surface area (Å²) in [4.78, 5) is 11.8. The van der Waals surface area contributed by atoms with E-state index in [1.165, 1.54) is 11.3 Å². The van der Waals surface area contributed by atoms with E-state index < -0.39 is 0 Å². The van der Waals surface area contributed by atoms with Gasteiger partial charge in [-0.3, -0.25) is 4.79 Å². The lowest BCUT2D eigenvalue weighted by molar-refractivity contribution is 0.0954. The quantitative estimate of drug-likeness (QED) is 0.872. The molecule has 0 spiro atoms. The van der Waals surface area contributed by atoms with Crippen LogP contribution in [0.2, 0.25) is 0 Å². The van der Waals surface area contributed by atoms with E-state index in [0.29, 0.717) is 23.7 Å². The van der Waals surface area contributed by atoms with Crippen LogP contribution >= 0.6 is 11.3 Å². The molecule has 3 N–H and O–H groups in total. The first-order chi connectivity index (χ1) is 8.65. The molecule has 5 nitrogen and oxygen atoms in total. The largest absolute Gasteiger partial charge is 0.374 e. The number of carbonyl (C=O) groups excluding carboxylic acids is 1. The van der Waals surface area contributed by atoms with E-state index in [1.807, 2.05) is 31.2 Å². The Morgan fingerprint density at radius 1 is 1.33 bits per heavy atom. The van der Waals surface area contributed by atoms with Gasteiger partial charge in [-0.1, -0.05) is 29.0 Å². The Morgan fingerprint density at radius 2 is 2.06 bits per heavy atom. The molecule has 1 heterocycles. The number of nitrogens with two attached hydrogens (primary N) is 1. The Morgan fingerprint density at radius 3 is 2.67 bits per heavy atom. The Bertz CT molecular complexity index is 535. The number of hydrogen-bond acceptors (Lipinski definition) is 5. The van der Waals surface area contributed by atoms with Gasteiger partial charge in [0.2, 0.25) is 5.13 Å². The fourth-order valence-corrected chi connectivity index (χ4v) is 2.07. The highest BCUT2D eigenvalue weighted by molar-refractivity contribution is 7.15. The van der Waals surface area contributed by atoms with Crippen LogP contribution in [-0.4, -0.2) is 22.6 Å². The Labute approximate surface area is 109 Å². The van der Waals surface area contributed by atoms with Crippen molar-refractivity contribution in [3.05, 3.63) is 40.4 Å². The second-order valence-electron chi connectivity index (χ2n) is 3.91. The molecule has 0 fully saturated rings. The molecule has 1 aromatic carbocycles. The number of anilines is 1. The van der Waals surface area contributed by atoms with Crippen LogP contribution in [0.1, 0.15) is 20.9 Å². The Hall–Kier alpha value is -1.95. The smallest absolute Gasteiger partial charge is 0.251 e. The summed E-state index contributed by atoms with van der Waals surface area (Å²) in [5.41, 5.74) is 7.27. The van der Waals surface area contributed by atoms with Gasteiger partial charge in [0.05, 0.1) is 0 Å². The average molecular weight is 262 g/mol. The third kappa shape index (κ3) is 3.27. The number of rotatable bonds is 4. The van der Waals surface area contributed by atoms with Crippen LogP contribution in [-0.2, 0) is 6.42 Å². The molecule has 6 heteroatoms. The lowest BCUT2D eigenvalue weighted by Crippen LogP contribution is -2.25. The first kappa shape index (κ1) is 12.5. The number of amides is 1. The Balaban J connectivity index is 1.83. The highest BCUT2D eigenvalue weighted by atomic mass is 32.1. The highest BCUT2D eigenvalue weighted by Crippen LogP contribution is 2.10. The molecule has 2 aromatic rings. The minimum Gasteiger partial charge on any atom is -0.374 e. The zero-order valence-corrected chi connectivity index (χ0v) is 10.8. The van der Waals surface area contributed by atoms with Crippen LogP contribution in [0.15, 0.2) is 24.3 Å². The summed E-state index contributed by atoms with van der Waals surface area (Å²) in [6.07, 6.45) is 0.645. The lowest BCUT2D eigenvalue weighted by Gasteiger charge is -2.03. The average Bonchev–Trinajstić information content (AvgIpc) is 2.76. The molecule has 2 rings (SSSR count). The Kier molecular flexibility index (Phi) is 3.88. The maximum Gasteiger partial charge on any atom is 0.251 e. The molecular weight excluding hydrogens is 248 g/mol. The third-order valence-corrected chi connectivity index (χ3v) is 3.23. The predicted molar refractivity (Wildman–Crippen MR) is 71.5 cm³/mol. The van der Waals surface area contributed by atoms with Crippen LogP contribution in [0.4, 0.5) is 5.13 Å². The van der Waals surface area contributed by atoms with Crippen molar-refractivity contribution in [2.75, 3.05) is 12.3 Å². The minimum absolute atomic E-state index is 0.0764. The summed E-state index contributed by atoms with van der Waals surface area (Å²) in [5, 5.41) is 11.7. The summed E-state index contributed by atoms with van der Waals surface area (Å²) < 4.78 is 0. The van der Waals surface area contributed by atoms with Crippen molar-refractivity contribution in [2.24, 2.45) is 0 Å². The number of carbonyl (C=O) groups is 1. The van der Waals surface area contributed by atoms with Gasteiger partial charge in [-0.2, -0.15) is 0 Å². The van der Waals surface area contributed by atoms with E-state index >= 15 is 0 Å². The van der Waals surface area contributed by atoms with Crippen LogP contribution in [0.25, 0.3) is 0 Å². The van der Waals surface area contributed by atoms with Crippen molar-refractivity contribution in [3.63, 3.8) is 0 Å². The van der Waals surface area contributed by atoms with Gasteiger partial charge in [-0.05, 0) is 19.1 Å². The lowest BCUT2D eigenvalue weighted by atomic mass is 10.1. The van der Waals surface area contributed by atoms with E-state index in [0.717, 1.165) is 10.6 Å². The SMILES string of the molecule is Cc1ccc(C(=O)NCCc2nnc(N)s2)cc1. The first-order valence-corrected chi connectivity index (χ1v) is 6.39. The van der Waals surface area contributed by atoms with Crippen molar-refractivity contribution in [2.45, 2.75) is 13.3 Å². The predicted octanol–water partition coefficient (Wildman–Crippen LogP) is 1.40. The fourth-order valence-electron chi connectivity index (χ4n) is 1.46. The number of hydrogen-bond donors (Lipinski definition) is 2. The second kappa shape index (κ2) is 5.59. The summed E-state index contributed by atoms with van der Waals surface area (Å²) in [6.45, 7) is 2.52. The molecule has 1 amide bonds. The van der Waals surface area contributed by atoms with Crippen LogP contribution in [0.5, 0.6) is 0 Å². The van der Waals surface area contributed by atoms with Gasteiger partial charge in [0.15, 0.2) is 0 Å². The van der Waals surface area contributed by atoms with Gasteiger partial charge < -0.3 is 11.1 Å². The van der Waals surface area contributed by atoms with Gasteiger partial charge in [0, 0.05) is 18.5 Å². The zero-order valence-electron chi connectivity index (χ0n) is 10.0. The molecule has 0 aliphatic rings. The van der Waals surface area contributed by atoms with Gasteiger partial charge in [-0.15, -0.1) is 10.2 Å². The minimum atomic E-state index is -0.0764. The molecule has 0 aliphatic heterocycles. The number of nitrogens with zero attached hydrogens (tertiary/aromatic N) is 2. The number of aryl methyl sites for hydroxylation is 1. The van der Waals surface area contributed by atoms with Crippen LogP contribution in [0.3, 0.4) is 0 Å². The van der Waals surface area contributed by atoms with Crippen molar-refractivity contribution in [1.82, 2.24) is 15.5 Å². The van der Waals surface area contributed by atoms with Crippen molar-refractivity contribution in [1.29, 1.82) is 0 Å². The summed E-state index contributed by atoms with van der Waals surface area (Å²) in [5.74, 6) is -0.0764. The maximum absolute atomic E-state index is 11.8. The molecule has 0 saturated heterocycles. The standard InChI is InChI=1S/C12H14N4OS/c1-8-2-4-9(5-3-8)11(17)14-7-6-10-15-16-12(13)18-10/h2-5H,6-7H2,1H3,(H2,13,16)(H,14,17). The molecule has 0 unspecified atom stereocenters. The van der Waals surface area contributed by atoms with E-state index in [2.05, 4.69) is 15.5 Å². The summed E-state index contributed by atoms with van der Waals surface area (Å²) in [7, 11) is 0. The van der Waals surface area contributed by atoms with Crippen LogP contribution < -0.4 is 11.1 Å². The number of nitrogens with one attached hydrogen (secondary N) is 1. The maximum atomic E-state index is 11.8. The van der Waals surface area contributed by atoms with E-state index in [1.54, 1.807) is 0 Å². The van der Waals surface area contributed by atoms with E-state index in [-0.39, 0.29) is 5.91 Å². The highest BCUT2D eigenvalue weighted by Gasteiger charge is 2.05. The normalized spacial score (nSPS) is 10.3. The topological polar surface area (TPSA) is 80.9 Å². The first-order valence-electron chi connectivity index (χ1n) is 5.58. The molecule has 0 atom stereocenters. The molecule has 1 aromatic heterocycles. The molecule has 94 valence electrons. The van der Waals surface area contributed by atoms with Gasteiger partial charge in [0.1, 0.15) is 5.01 Å². The molecule has 0 radical (unpaired) electrons. The molecular formula is C12H14N4OS.